The largest absolute Gasteiger partial charge is 0.497 e. The molecule has 5 heteroatoms. The van der Waals surface area contributed by atoms with Crippen molar-refractivity contribution in [2.24, 2.45) is 0 Å². The summed E-state index contributed by atoms with van der Waals surface area (Å²) in [6.07, 6.45) is 2.75. The van der Waals surface area contributed by atoms with Crippen LogP contribution in [0.25, 0.3) is 6.08 Å². The van der Waals surface area contributed by atoms with Crippen LogP contribution < -0.4 is 4.74 Å². The Morgan fingerprint density at radius 2 is 1.31 bits per heavy atom. The Bertz CT molecular complexity index is 621. The molecule has 5 nitrogen and oxygen atoms in total. The van der Waals surface area contributed by atoms with Crippen LogP contribution in [0, 0.1) is 0 Å². The quantitative estimate of drug-likeness (QED) is 0.294. The average molecular weight is 362 g/mol. The van der Waals surface area contributed by atoms with Gasteiger partial charge in [0.15, 0.2) is 0 Å². The molecule has 0 spiro atoms. The molecule has 0 amide bonds. The molecule has 0 saturated carbocycles. The predicted molar refractivity (Wildman–Crippen MR) is 102 cm³/mol. The van der Waals surface area contributed by atoms with Crippen LogP contribution in [-0.4, -0.2) is 30.3 Å². The van der Waals surface area contributed by atoms with E-state index in [9.17, 15) is 9.59 Å². The number of hydrogen-bond acceptors (Lipinski definition) is 5. The second-order valence-corrected chi connectivity index (χ2v) is 7.34. The minimum atomic E-state index is -0.690. The third-order valence-corrected chi connectivity index (χ3v) is 4.31. The molecule has 0 atom stereocenters. The standard InChI is InChI=1S/C21H30O5/c1-8-20(3,4)25-18(22)17(19(23)26-21(5,6)9-2)14-15-10-12-16(24-7)13-11-15/h10-14H,8-9H2,1-7H3. The number of benzene rings is 1. The first-order chi connectivity index (χ1) is 12.0. The average Bonchev–Trinajstić information content (AvgIpc) is 2.59. The Morgan fingerprint density at radius 3 is 1.65 bits per heavy atom. The normalized spacial score (nSPS) is 11.5. The number of esters is 2. The van der Waals surface area contributed by atoms with Crippen molar-refractivity contribution >= 4 is 18.0 Å². The predicted octanol–water partition coefficient (Wildman–Crippen LogP) is 4.54. The molecule has 26 heavy (non-hydrogen) atoms. The zero-order chi connectivity index (χ0) is 20.0. The van der Waals surface area contributed by atoms with Gasteiger partial charge in [0.2, 0.25) is 0 Å². The second-order valence-electron chi connectivity index (χ2n) is 7.34. The van der Waals surface area contributed by atoms with E-state index in [2.05, 4.69) is 0 Å². The van der Waals surface area contributed by atoms with Crippen LogP contribution in [0.2, 0.25) is 0 Å². The van der Waals surface area contributed by atoms with E-state index in [0.29, 0.717) is 24.2 Å². The van der Waals surface area contributed by atoms with Gasteiger partial charge in [0.05, 0.1) is 7.11 Å². The highest BCUT2D eigenvalue weighted by molar-refractivity contribution is 6.17. The van der Waals surface area contributed by atoms with Gasteiger partial charge in [-0.05, 0) is 64.3 Å². The number of rotatable bonds is 8. The van der Waals surface area contributed by atoms with E-state index in [-0.39, 0.29) is 5.57 Å². The van der Waals surface area contributed by atoms with Crippen molar-refractivity contribution in [2.75, 3.05) is 7.11 Å². The van der Waals surface area contributed by atoms with Crippen molar-refractivity contribution < 1.29 is 23.8 Å². The van der Waals surface area contributed by atoms with E-state index in [0.717, 1.165) is 0 Å². The van der Waals surface area contributed by atoms with Crippen LogP contribution in [0.5, 0.6) is 5.75 Å². The molecule has 0 heterocycles. The molecule has 1 aromatic rings. The van der Waals surface area contributed by atoms with Gasteiger partial charge in [-0.15, -0.1) is 0 Å². The van der Waals surface area contributed by atoms with Crippen LogP contribution in [0.3, 0.4) is 0 Å². The van der Waals surface area contributed by atoms with E-state index < -0.39 is 23.1 Å². The highest BCUT2D eigenvalue weighted by Gasteiger charge is 2.31. The number of hydrogen-bond donors (Lipinski definition) is 0. The van der Waals surface area contributed by atoms with Crippen molar-refractivity contribution in [2.45, 2.75) is 65.6 Å². The van der Waals surface area contributed by atoms with Crippen LogP contribution in [0.1, 0.15) is 59.9 Å². The van der Waals surface area contributed by atoms with Gasteiger partial charge in [0.1, 0.15) is 22.5 Å². The number of methoxy groups -OCH3 is 1. The number of ether oxygens (including phenoxy) is 3. The molecule has 0 aromatic heterocycles. The lowest BCUT2D eigenvalue weighted by Gasteiger charge is -2.26. The van der Waals surface area contributed by atoms with Crippen LogP contribution in [0.15, 0.2) is 29.8 Å². The molecule has 1 aromatic carbocycles. The fourth-order valence-corrected chi connectivity index (χ4v) is 1.82. The summed E-state index contributed by atoms with van der Waals surface area (Å²) >= 11 is 0. The summed E-state index contributed by atoms with van der Waals surface area (Å²) in [5.74, 6) is -0.692. The lowest BCUT2D eigenvalue weighted by Crippen LogP contribution is -2.33. The van der Waals surface area contributed by atoms with Gasteiger partial charge in [0, 0.05) is 0 Å². The Labute approximate surface area is 156 Å². The lowest BCUT2D eigenvalue weighted by molar-refractivity contribution is -0.160. The smallest absolute Gasteiger partial charge is 0.346 e. The number of carbonyl (C=O) groups is 2. The fourth-order valence-electron chi connectivity index (χ4n) is 1.82. The third kappa shape index (κ3) is 6.54. The Kier molecular flexibility index (Phi) is 7.42. The first-order valence-corrected chi connectivity index (χ1v) is 8.86. The molecule has 0 aliphatic rings. The molecule has 0 saturated heterocycles. The monoisotopic (exact) mass is 362 g/mol. The molecule has 0 aliphatic heterocycles. The molecule has 0 radical (unpaired) electrons. The molecular formula is C21H30O5. The van der Waals surface area contributed by atoms with Gasteiger partial charge in [-0.25, -0.2) is 9.59 Å². The molecule has 1 rings (SSSR count). The molecule has 0 N–H and O–H groups in total. The van der Waals surface area contributed by atoms with E-state index in [4.69, 9.17) is 14.2 Å². The lowest BCUT2D eigenvalue weighted by atomic mass is 10.1. The molecule has 0 unspecified atom stereocenters. The third-order valence-electron chi connectivity index (χ3n) is 4.31. The maximum Gasteiger partial charge on any atom is 0.346 e. The van der Waals surface area contributed by atoms with Crippen LogP contribution in [-0.2, 0) is 19.1 Å². The highest BCUT2D eigenvalue weighted by Crippen LogP contribution is 2.22. The summed E-state index contributed by atoms with van der Waals surface area (Å²) in [4.78, 5) is 25.3. The minimum absolute atomic E-state index is 0.127. The summed E-state index contributed by atoms with van der Waals surface area (Å²) in [6, 6.07) is 7.03. The van der Waals surface area contributed by atoms with Crippen molar-refractivity contribution in [1.82, 2.24) is 0 Å². The summed E-state index contributed by atoms with van der Waals surface area (Å²) in [6.45, 7) is 11.0. The first-order valence-electron chi connectivity index (χ1n) is 8.86. The maximum absolute atomic E-state index is 12.6. The maximum atomic E-state index is 12.6. The summed E-state index contributed by atoms with van der Waals surface area (Å²) in [5.41, 5.74) is -0.788. The van der Waals surface area contributed by atoms with Gasteiger partial charge in [0.25, 0.3) is 0 Å². The van der Waals surface area contributed by atoms with E-state index in [1.54, 1.807) is 59.1 Å². The summed E-state index contributed by atoms with van der Waals surface area (Å²) < 4.78 is 16.1. The minimum Gasteiger partial charge on any atom is -0.497 e. The second kappa shape index (κ2) is 8.88. The van der Waals surface area contributed by atoms with E-state index in [1.165, 1.54) is 6.08 Å². The van der Waals surface area contributed by atoms with Gasteiger partial charge in [-0.1, -0.05) is 26.0 Å². The summed E-state index contributed by atoms with van der Waals surface area (Å²) in [7, 11) is 1.57. The van der Waals surface area contributed by atoms with Crippen molar-refractivity contribution in [3.63, 3.8) is 0 Å². The topological polar surface area (TPSA) is 61.8 Å². The number of carbonyl (C=O) groups excluding carboxylic acids is 2. The van der Waals surface area contributed by atoms with Gasteiger partial charge >= 0.3 is 11.9 Å². The van der Waals surface area contributed by atoms with E-state index in [1.807, 2.05) is 13.8 Å². The van der Waals surface area contributed by atoms with E-state index >= 15 is 0 Å². The highest BCUT2D eigenvalue weighted by atomic mass is 16.6. The summed E-state index contributed by atoms with van der Waals surface area (Å²) in [5, 5.41) is 0. The fraction of sp³-hybridized carbons (Fsp3) is 0.524. The SMILES string of the molecule is CCC(C)(C)OC(=O)C(=Cc1ccc(OC)cc1)C(=O)OC(C)(C)CC. The molecule has 0 fully saturated rings. The molecule has 0 aliphatic carbocycles. The van der Waals surface area contributed by atoms with Crippen molar-refractivity contribution in [3.05, 3.63) is 35.4 Å². The molecule has 144 valence electrons. The first kappa shape index (κ1) is 21.7. The zero-order valence-corrected chi connectivity index (χ0v) is 16.8. The van der Waals surface area contributed by atoms with Crippen LogP contribution >= 0.6 is 0 Å². The van der Waals surface area contributed by atoms with Crippen molar-refractivity contribution in [1.29, 1.82) is 0 Å². The molecule has 0 bridgehead atoms. The zero-order valence-electron chi connectivity index (χ0n) is 16.8. The van der Waals surface area contributed by atoms with Crippen molar-refractivity contribution in [3.8, 4) is 5.75 Å². The molecular weight excluding hydrogens is 332 g/mol. The van der Waals surface area contributed by atoms with Gasteiger partial charge in [-0.2, -0.15) is 0 Å². The Balaban J connectivity index is 3.20. The van der Waals surface area contributed by atoms with Gasteiger partial charge in [-0.3, -0.25) is 0 Å². The Hall–Kier alpha value is -2.30. The van der Waals surface area contributed by atoms with Gasteiger partial charge < -0.3 is 14.2 Å². The van der Waals surface area contributed by atoms with Crippen LogP contribution in [0.4, 0.5) is 0 Å². The Morgan fingerprint density at radius 1 is 0.885 bits per heavy atom.